The number of benzene rings is 1. The first-order valence-electron chi connectivity index (χ1n) is 7.04. The second-order valence-corrected chi connectivity index (χ2v) is 6.28. The number of hydrogen-bond donors (Lipinski definition) is 1. The zero-order valence-electron chi connectivity index (χ0n) is 12.6. The van der Waals surface area contributed by atoms with Crippen LogP contribution in [0.3, 0.4) is 0 Å². The largest absolute Gasteiger partial charge is 0.481 e. The van der Waals surface area contributed by atoms with Crippen LogP contribution in [-0.2, 0) is 5.54 Å². The molecule has 0 aliphatic heterocycles. The molecule has 1 saturated carbocycles. The highest BCUT2D eigenvalue weighted by Crippen LogP contribution is 2.37. The van der Waals surface area contributed by atoms with E-state index in [2.05, 4.69) is 10.1 Å². The lowest BCUT2D eigenvalue weighted by Gasteiger charge is -2.34. The molecule has 1 fully saturated rings. The van der Waals surface area contributed by atoms with Crippen LogP contribution in [0.25, 0.3) is 0 Å². The minimum Gasteiger partial charge on any atom is -0.481 e. The first-order chi connectivity index (χ1) is 10.1. The number of rotatable bonds is 5. The Morgan fingerprint density at radius 1 is 1.32 bits per heavy atom. The van der Waals surface area contributed by atoms with Crippen LogP contribution in [0.4, 0.5) is 0 Å². The van der Waals surface area contributed by atoms with Gasteiger partial charge in [-0.25, -0.2) is 0 Å². The molecule has 1 aromatic carbocycles. The molecular formula is C15H20ClN3O2S. The normalized spacial score (nSPS) is 17.2. The third-order valence-electron chi connectivity index (χ3n) is 3.85. The summed E-state index contributed by atoms with van der Waals surface area (Å²) in [6, 6.07) is 7.93. The SMILES string of the molecule is CSc1ccc(OC(C)c2nc(C3(N)CCC3)no2)cc1.Cl. The van der Waals surface area contributed by atoms with Gasteiger partial charge in [0.15, 0.2) is 11.9 Å². The van der Waals surface area contributed by atoms with E-state index >= 15 is 0 Å². The Hall–Kier alpha value is -1.24. The van der Waals surface area contributed by atoms with Gasteiger partial charge in [-0.1, -0.05) is 5.16 Å². The van der Waals surface area contributed by atoms with Crippen LogP contribution in [0, 0.1) is 0 Å². The summed E-state index contributed by atoms with van der Waals surface area (Å²) in [5.41, 5.74) is 5.79. The maximum absolute atomic E-state index is 6.19. The minimum absolute atomic E-state index is 0. The molecule has 1 heterocycles. The van der Waals surface area contributed by atoms with E-state index in [4.69, 9.17) is 15.0 Å². The van der Waals surface area contributed by atoms with Gasteiger partial charge in [0.2, 0.25) is 0 Å². The summed E-state index contributed by atoms with van der Waals surface area (Å²) in [5, 5.41) is 4.01. The van der Waals surface area contributed by atoms with E-state index < -0.39 is 5.54 Å². The Morgan fingerprint density at radius 2 is 2.00 bits per heavy atom. The van der Waals surface area contributed by atoms with Crippen molar-refractivity contribution in [2.75, 3.05) is 6.26 Å². The molecule has 7 heteroatoms. The summed E-state index contributed by atoms with van der Waals surface area (Å²) in [6.07, 6.45) is 4.69. The van der Waals surface area contributed by atoms with Crippen molar-refractivity contribution < 1.29 is 9.26 Å². The summed E-state index contributed by atoms with van der Waals surface area (Å²) < 4.78 is 11.1. The van der Waals surface area contributed by atoms with Crippen LogP contribution in [-0.4, -0.2) is 16.4 Å². The zero-order chi connectivity index (χ0) is 14.9. The third-order valence-corrected chi connectivity index (χ3v) is 4.60. The minimum atomic E-state index is -0.401. The standard InChI is InChI=1S/C15H19N3O2S.ClH/c1-10(19-11-4-6-12(21-2)7-5-11)13-17-14(18-20-13)15(16)8-3-9-15;/h4-7,10H,3,8-9,16H2,1-2H3;1H. The molecule has 1 unspecified atom stereocenters. The van der Waals surface area contributed by atoms with Crippen LogP contribution < -0.4 is 10.5 Å². The second kappa shape index (κ2) is 6.89. The lowest BCUT2D eigenvalue weighted by molar-refractivity contribution is 0.174. The molecule has 22 heavy (non-hydrogen) atoms. The smallest absolute Gasteiger partial charge is 0.267 e. The Kier molecular flexibility index (Phi) is 5.36. The van der Waals surface area contributed by atoms with Crippen molar-refractivity contribution in [2.45, 2.75) is 42.7 Å². The van der Waals surface area contributed by atoms with Crippen molar-refractivity contribution in [2.24, 2.45) is 5.73 Å². The van der Waals surface area contributed by atoms with Crippen molar-refractivity contribution in [3.8, 4) is 5.75 Å². The molecule has 0 spiro atoms. The average molecular weight is 342 g/mol. The lowest BCUT2D eigenvalue weighted by Crippen LogP contribution is -2.44. The van der Waals surface area contributed by atoms with Crippen molar-refractivity contribution in [1.29, 1.82) is 0 Å². The monoisotopic (exact) mass is 341 g/mol. The van der Waals surface area contributed by atoms with Crippen LogP contribution >= 0.6 is 24.2 Å². The number of ether oxygens (including phenoxy) is 1. The summed E-state index contributed by atoms with van der Waals surface area (Å²) in [7, 11) is 0. The molecular weight excluding hydrogens is 322 g/mol. The zero-order valence-corrected chi connectivity index (χ0v) is 14.2. The molecule has 1 atom stereocenters. The molecule has 120 valence electrons. The van der Waals surface area contributed by atoms with Gasteiger partial charge < -0.3 is 15.0 Å². The molecule has 3 rings (SSSR count). The van der Waals surface area contributed by atoms with E-state index in [0.29, 0.717) is 11.7 Å². The number of hydrogen-bond acceptors (Lipinski definition) is 6. The van der Waals surface area contributed by atoms with Gasteiger partial charge >= 0.3 is 0 Å². The summed E-state index contributed by atoms with van der Waals surface area (Å²) in [4.78, 5) is 5.60. The third kappa shape index (κ3) is 3.39. The summed E-state index contributed by atoms with van der Waals surface area (Å²) >= 11 is 1.70. The van der Waals surface area contributed by atoms with Crippen molar-refractivity contribution in [3.63, 3.8) is 0 Å². The molecule has 1 aliphatic rings. The van der Waals surface area contributed by atoms with E-state index in [0.717, 1.165) is 25.0 Å². The predicted octanol–water partition coefficient (Wildman–Crippen LogP) is 3.69. The molecule has 2 N–H and O–H groups in total. The van der Waals surface area contributed by atoms with Crippen LogP contribution in [0.15, 0.2) is 33.7 Å². The number of nitrogens with two attached hydrogens (primary N) is 1. The highest BCUT2D eigenvalue weighted by Gasteiger charge is 2.39. The van der Waals surface area contributed by atoms with Crippen LogP contribution in [0.1, 0.15) is 44.0 Å². The first kappa shape index (κ1) is 17.1. The number of aromatic nitrogens is 2. The molecule has 0 bridgehead atoms. The van der Waals surface area contributed by atoms with E-state index in [9.17, 15) is 0 Å². The van der Waals surface area contributed by atoms with Crippen molar-refractivity contribution >= 4 is 24.2 Å². The van der Waals surface area contributed by atoms with E-state index in [1.807, 2.05) is 37.4 Å². The Bertz CT molecular complexity index is 614. The number of thioether (sulfide) groups is 1. The van der Waals surface area contributed by atoms with Crippen molar-refractivity contribution in [1.82, 2.24) is 10.1 Å². The average Bonchev–Trinajstić information content (AvgIpc) is 2.96. The van der Waals surface area contributed by atoms with Crippen molar-refractivity contribution in [3.05, 3.63) is 36.0 Å². The Morgan fingerprint density at radius 3 is 2.55 bits per heavy atom. The molecule has 1 aliphatic carbocycles. The summed E-state index contributed by atoms with van der Waals surface area (Å²) in [6.45, 7) is 1.89. The molecule has 0 amide bonds. The highest BCUT2D eigenvalue weighted by molar-refractivity contribution is 7.98. The number of nitrogens with zero attached hydrogens (tertiary/aromatic N) is 2. The maximum atomic E-state index is 6.19. The summed E-state index contributed by atoms with van der Waals surface area (Å²) in [5.74, 6) is 1.85. The van der Waals surface area contributed by atoms with Gasteiger partial charge in [-0.2, -0.15) is 4.98 Å². The molecule has 0 radical (unpaired) electrons. The van der Waals surface area contributed by atoms with Gasteiger partial charge in [0.25, 0.3) is 5.89 Å². The number of halogens is 1. The highest BCUT2D eigenvalue weighted by atomic mass is 35.5. The molecule has 5 nitrogen and oxygen atoms in total. The van der Waals surface area contributed by atoms with Gasteiger partial charge in [0.05, 0.1) is 5.54 Å². The topological polar surface area (TPSA) is 74.2 Å². The van der Waals surface area contributed by atoms with Gasteiger partial charge in [-0.05, 0) is 56.7 Å². The quantitative estimate of drug-likeness (QED) is 0.836. The van der Waals surface area contributed by atoms with Gasteiger partial charge in [-0.15, -0.1) is 24.2 Å². The fourth-order valence-corrected chi connectivity index (χ4v) is 2.70. The lowest BCUT2D eigenvalue weighted by atomic mass is 9.77. The van der Waals surface area contributed by atoms with Gasteiger partial charge in [-0.3, -0.25) is 0 Å². The Balaban J connectivity index is 0.00000176. The van der Waals surface area contributed by atoms with Gasteiger partial charge in [0.1, 0.15) is 5.75 Å². The first-order valence-corrected chi connectivity index (χ1v) is 8.27. The van der Waals surface area contributed by atoms with Gasteiger partial charge in [0, 0.05) is 4.90 Å². The van der Waals surface area contributed by atoms with E-state index in [-0.39, 0.29) is 18.5 Å². The predicted molar refractivity (Wildman–Crippen MR) is 88.5 cm³/mol. The second-order valence-electron chi connectivity index (χ2n) is 5.40. The fourth-order valence-electron chi connectivity index (χ4n) is 2.29. The van der Waals surface area contributed by atoms with E-state index in [1.54, 1.807) is 11.8 Å². The fraction of sp³-hybridized carbons (Fsp3) is 0.467. The molecule has 2 aromatic rings. The van der Waals surface area contributed by atoms with Crippen LogP contribution in [0.5, 0.6) is 5.75 Å². The molecule has 1 aromatic heterocycles. The maximum Gasteiger partial charge on any atom is 0.267 e. The Labute approximate surface area is 140 Å². The van der Waals surface area contributed by atoms with Crippen LogP contribution in [0.2, 0.25) is 0 Å². The molecule has 0 saturated heterocycles. The van der Waals surface area contributed by atoms with E-state index in [1.165, 1.54) is 4.90 Å².